The Balaban J connectivity index is 2.03. The molecule has 1 N–H and O–H groups in total. The molecule has 0 bridgehead atoms. The summed E-state index contributed by atoms with van der Waals surface area (Å²) in [7, 11) is -5.81. The van der Waals surface area contributed by atoms with E-state index < -0.39 is 20.0 Å². The first-order chi connectivity index (χ1) is 12.6. The highest BCUT2D eigenvalue weighted by Crippen LogP contribution is 2.34. The van der Waals surface area contributed by atoms with E-state index in [2.05, 4.69) is 4.72 Å². The van der Waals surface area contributed by atoms with Gasteiger partial charge in [0.25, 0.3) is 10.0 Å². The van der Waals surface area contributed by atoms with Crippen LogP contribution in [-0.2, 0) is 20.0 Å². The van der Waals surface area contributed by atoms with Gasteiger partial charge in [0.05, 0.1) is 29.1 Å². The highest BCUT2D eigenvalue weighted by Gasteiger charge is 2.29. The van der Waals surface area contributed by atoms with Crippen molar-refractivity contribution >= 4 is 31.4 Å². The maximum atomic E-state index is 12.9. The van der Waals surface area contributed by atoms with Crippen LogP contribution in [-0.4, -0.2) is 36.2 Å². The zero-order chi connectivity index (χ0) is 19.8. The van der Waals surface area contributed by atoms with Crippen molar-refractivity contribution in [1.29, 1.82) is 0 Å². The first kappa shape index (κ1) is 19.5. The molecule has 1 fully saturated rings. The number of benzene rings is 2. The van der Waals surface area contributed by atoms with Gasteiger partial charge in [-0.3, -0.25) is 9.03 Å². The lowest BCUT2D eigenvalue weighted by atomic mass is 10.2. The summed E-state index contributed by atoms with van der Waals surface area (Å²) in [5.41, 5.74) is 2.04. The molecule has 0 aromatic heterocycles. The van der Waals surface area contributed by atoms with Gasteiger partial charge in [0.2, 0.25) is 10.0 Å². The third-order valence-corrected chi connectivity index (χ3v) is 7.82. The highest BCUT2D eigenvalue weighted by atomic mass is 32.2. The number of ether oxygens (including phenoxy) is 1. The van der Waals surface area contributed by atoms with Crippen molar-refractivity contribution in [1.82, 2.24) is 0 Å². The zero-order valence-corrected chi connectivity index (χ0v) is 17.0. The molecule has 9 heteroatoms. The molecular formula is C18H22N2O5S2. The normalized spacial score (nSPS) is 16.3. The Labute approximate surface area is 160 Å². The standard InChI is InChI=1S/C18H22N2O5S2/c1-13-5-6-14(2)18(11-13)27(23,24)19-16-12-15(7-8-17(16)25-3)20-9-4-10-26(20,21)22/h5-8,11-12,19H,4,9-10H2,1-3H3. The number of hydrogen-bond acceptors (Lipinski definition) is 5. The van der Waals surface area contributed by atoms with Crippen LogP contribution in [0.15, 0.2) is 41.3 Å². The molecule has 1 aliphatic rings. The lowest BCUT2D eigenvalue weighted by Crippen LogP contribution is -2.25. The van der Waals surface area contributed by atoms with Crippen molar-refractivity contribution in [3.8, 4) is 5.75 Å². The summed E-state index contributed by atoms with van der Waals surface area (Å²) >= 11 is 0. The summed E-state index contributed by atoms with van der Waals surface area (Å²) in [6.45, 7) is 3.91. The van der Waals surface area contributed by atoms with Crippen LogP contribution in [0.2, 0.25) is 0 Å². The van der Waals surface area contributed by atoms with Gasteiger partial charge in [-0.2, -0.15) is 0 Å². The van der Waals surface area contributed by atoms with Crippen LogP contribution >= 0.6 is 0 Å². The number of anilines is 2. The quantitative estimate of drug-likeness (QED) is 0.818. The van der Waals surface area contributed by atoms with E-state index in [1.54, 1.807) is 31.2 Å². The van der Waals surface area contributed by atoms with Crippen LogP contribution in [0.1, 0.15) is 17.5 Å². The molecule has 27 heavy (non-hydrogen) atoms. The molecule has 1 aliphatic heterocycles. The molecule has 0 amide bonds. The minimum absolute atomic E-state index is 0.0859. The van der Waals surface area contributed by atoms with Crippen LogP contribution in [0.4, 0.5) is 11.4 Å². The molecule has 3 rings (SSSR count). The maximum Gasteiger partial charge on any atom is 0.262 e. The number of nitrogens with one attached hydrogen (secondary N) is 1. The van der Waals surface area contributed by atoms with Gasteiger partial charge in [0, 0.05) is 6.54 Å². The fraction of sp³-hybridized carbons (Fsp3) is 0.333. The number of nitrogens with zero attached hydrogens (tertiary/aromatic N) is 1. The van der Waals surface area contributed by atoms with E-state index in [0.29, 0.717) is 30.0 Å². The molecule has 2 aromatic carbocycles. The minimum atomic E-state index is -3.87. The Morgan fingerprint density at radius 2 is 1.85 bits per heavy atom. The molecule has 0 atom stereocenters. The number of hydrogen-bond donors (Lipinski definition) is 1. The number of methoxy groups -OCH3 is 1. The van der Waals surface area contributed by atoms with E-state index in [-0.39, 0.29) is 16.3 Å². The second-order valence-electron chi connectivity index (χ2n) is 6.50. The predicted octanol–water partition coefficient (Wildman–Crippen LogP) is 2.65. The fourth-order valence-corrected chi connectivity index (χ4v) is 6.01. The van der Waals surface area contributed by atoms with Gasteiger partial charge in [-0.25, -0.2) is 16.8 Å². The van der Waals surface area contributed by atoms with Crippen molar-refractivity contribution in [2.24, 2.45) is 0 Å². The first-order valence-electron chi connectivity index (χ1n) is 8.42. The third kappa shape index (κ3) is 3.89. The molecule has 0 radical (unpaired) electrons. The van der Waals surface area contributed by atoms with E-state index in [1.165, 1.54) is 17.5 Å². The van der Waals surface area contributed by atoms with Gasteiger partial charge in [-0.15, -0.1) is 0 Å². The van der Waals surface area contributed by atoms with E-state index >= 15 is 0 Å². The first-order valence-corrected chi connectivity index (χ1v) is 11.5. The molecular weight excluding hydrogens is 388 g/mol. The molecule has 2 aromatic rings. The van der Waals surface area contributed by atoms with Crippen LogP contribution in [0.5, 0.6) is 5.75 Å². The van der Waals surface area contributed by atoms with E-state index in [4.69, 9.17) is 4.74 Å². The van der Waals surface area contributed by atoms with E-state index in [1.807, 2.05) is 13.0 Å². The summed E-state index contributed by atoms with van der Waals surface area (Å²) in [5.74, 6) is 0.395. The van der Waals surface area contributed by atoms with Crippen molar-refractivity contribution in [2.75, 3.05) is 28.4 Å². The number of aryl methyl sites for hydroxylation is 2. The molecule has 1 heterocycles. The van der Waals surface area contributed by atoms with Gasteiger partial charge in [-0.05, 0) is 55.7 Å². The van der Waals surface area contributed by atoms with Gasteiger partial charge in [-0.1, -0.05) is 12.1 Å². The predicted molar refractivity (Wildman–Crippen MR) is 105 cm³/mol. The van der Waals surface area contributed by atoms with Gasteiger partial charge < -0.3 is 4.74 Å². The average Bonchev–Trinajstić information content (AvgIpc) is 2.95. The zero-order valence-electron chi connectivity index (χ0n) is 15.4. The van der Waals surface area contributed by atoms with Gasteiger partial charge in [0.1, 0.15) is 5.75 Å². The third-order valence-electron chi connectivity index (χ3n) is 4.45. The smallest absolute Gasteiger partial charge is 0.262 e. The lowest BCUT2D eigenvalue weighted by Gasteiger charge is -2.20. The van der Waals surface area contributed by atoms with E-state index in [0.717, 1.165) is 5.56 Å². The topological polar surface area (TPSA) is 92.8 Å². The Morgan fingerprint density at radius 3 is 2.48 bits per heavy atom. The second-order valence-corrected chi connectivity index (χ2v) is 10.2. The fourth-order valence-electron chi connectivity index (χ4n) is 3.06. The van der Waals surface area contributed by atoms with Crippen molar-refractivity contribution < 1.29 is 21.6 Å². The van der Waals surface area contributed by atoms with Gasteiger partial charge in [0.15, 0.2) is 0 Å². The molecule has 0 unspecified atom stereocenters. The molecule has 7 nitrogen and oxygen atoms in total. The van der Waals surface area contributed by atoms with Crippen molar-refractivity contribution in [3.05, 3.63) is 47.5 Å². The lowest BCUT2D eigenvalue weighted by molar-refractivity contribution is 0.417. The second kappa shape index (κ2) is 7.05. The molecule has 0 spiro atoms. The van der Waals surface area contributed by atoms with Crippen LogP contribution in [0.25, 0.3) is 0 Å². The Hall–Kier alpha value is -2.26. The molecule has 0 aliphatic carbocycles. The molecule has 1 saturated heterocycles. The van der Waals surface area contributed by atoms with Gasteiger partial charge >= 0.3 is 0 Å². The maximum absolute atomic E-state index is 12.9. The van der Waals surface area contributed by atoms with Crippen LogP contribution < -0.4 is 13.8 Å². The monoisotopic (exact) mass is 410 g/mol. The summed E-state index contributed by atoms with van der Waals surface area (Å²) in [4.78, 5) is 0.170. The summed E-state index contributed by atoms with van der Waals surface area (Å²) in [6, 6.07) is 9.84. The van der Waals surface area contributed by atoms with E-state index in [9.17, 15) is 16.8 Å². The number of rotatable bonds is 5. The Bertz CT molecular complexity index is 1080. The Kier molecular flexibility index (Phi) is 5.09. The SMILES string of the molecule is COc1ccc(N2CCCS2(=O)=O)cc1NS(=O)(=O)c1cc(C)ccc1C. The van der Waals surface area contributed by atoms with Crippen molar-refractivity contribution in [2.45, 2.75) is 25.2 Å². The highest BCUT2D eigenvalue weighted by molar-refractivity contribution is 7.93. The summed E-state index contributed by atoms with van der Waals surface area (Å²) < 4.78 is 59.2. The minimum Gasteiger partial charge on any atom is -0.495 e. The van der Waals surface area contributed by atoms with Crippen LogP contribution in [0, 0.1) is 13.8 Å². The molecule has 0 saturated carbocycles. The van der Waals surface area contributed by atoms with Crippen LogP contribution in [0.3, 0.4) is 0 Å². The summed E-state index contributed by atoms with van der Waals surface area (Å²) in [5, 5.41) is 0. The summed E-state index contributed by atoms with van der Waals surface area (Å²) in [6.07, 6.45) is 0.540. The Morgan fingerprint density at radius 1 is 1.11 bits per heavy atom. The average molecular weight is 411 g/mol. The molecule has 146 valence electrons. The number of sulfonamides is 2. The largest absolute Gasteiger partial charge is 0.495 e. The van der Waals surface area contributed by atoms with Crippen molar-refractivity contribution in [3.63, 3.8) is 0 Å².